The summed E-state index contributed by atoms with van der Waals surface area (Å²) in [5.41, 5.74) is -0.558. The number of hydrogen-bond donors (Lipinski definition) is 3. The van der Waals surface area contributed by atoms with E-state index in [2.05, 4.69) is 22.3 Å². The monoisotopic (exact) mass is 549 g/mol. The average Bonchev–Trinajstić information content (AvgIpc) is 2.86. The minimum absolute atomic E-state index is 0.169. The second-order valence-corrected chi connectivity index (χ2v) is 10.9. The number of nitrogens with one attached hydrogen (secondary N) is 2. The molecule has 1 aromatic rings. The first-order valence-electron chi connectivity index (χ1n) is 13.7. The molecule has 0 spiro atoms. The highest BCUT2D eigenvalue weighted by molar-refractivity contribution is 5.93. The molecule has 1 rings (SSSR count). The van der Waals surface area contributed by atoms with Crippen molar-refractivity contribution in [1.29, 1.82) is 0 Å². The summed E-state index contributed by atoms with van der Waals surface area (Å²) in [4.78, 5) is 53.3. The number of amides is 3. The summed E-state index contributed by atoms with van der Waals surface area (Å²) in [5, 5.41) is 15.9. The van der Waals surface area contributed by atoms with Gasteiger partial charge in [0.25, 0.3) is 0 Å². The largest absolute Gasteiger partial charge is 0.508 e. The molecule has 0 fully saturated rings. The summed E-state index contributed by atoms with van der Waals surface area (Å²) in [7, 11) is 1.21. The van der Waals surface area contributed by atoms with E-state index in [1.807, 2.05) is 0 Å². The van der Waals surface area contributed by atoms with Gasteiger partial charge in [0.2, 0.25) is 11.8 Å². The lowest BCUT2D eigenvalue weighted by Crippen LogP contribution is -2.55. The summed E-state index contributed by atoms with van der Waals surface area (Å²) in [5.74, 6) is -2.30. The van der Waals surface area contributed by atoms with Crippen LogP contribution in [0.3, 0.4) is 0 Å². The molecule has 3 N–H and O–H groups in total. The lowest BCUT2D eigenvalue weighted by molar-refractivity contribution is -0.145. The molecular formula is C29H47N3O7. The quantitative estimate of drug-likeness (QED) is 0.217. The Bertz CT molecular complexity index is 943. The summed E-state index contributed by atoms with van der Waals surface area (Å²) in [6, 6.07) is 4.01. The van der Waals surface area contributed by atoms with Gasteiger partial charge in [0.1, 0.15) is 30.0 Å². The van der Waals surface area contributed by atoms with Crippen LogP contribution in [0.5, 0.6) is 5.75 Å². The van der Waals surface area contributed by atoms with E-state index in [9.17, 15) is 24.3 Å². The first kappa shape index (κ1) is 33.7. The molecule has 39 heavy (non-hydrogen) atoms. The molecule has 0 aromatic heterocycles. The van der Waals surface area contributed by atoms with Crippen LogP contribution in [0.1, 0.15) is 91.7 Å². The number of phenolic OH excluding ortho intramolecular Hbond substituents is 1. The van der Waals surface area contributed by atoms with Gasteiger partial charge in [-0.15, -0.1) is 0 Å². The number of methoxy groups -OCH3 is 1. The first-order chi connectivity index (χ1) is 18.3. The minimum Gasteiger partial charge on any atom is -0.508 e. The van der Waals surface area contributed by atoms with Crippen LogP contribution < -0.4 is 10.6 Å². The number of alkyl carbamates (subject to hydrolysis) is 1. The molecule has 0 aliphatic carbocycles. The predicted octanol–water partition coefficient (Wildman–Crippen LogP) is 4.46. The summed E-state index contributed by atoms with van der Waals surface area (Å²) in [6.07, 6.45) is 4.98. The number of carbonyl (C=O) groups excluding carboxylic acids is 4. The average molecular weight is 550 g/mol. The van der Waals surface area contributed by atoms with Gasteiger partial charge >= 0.3 is 12.1 Å². The summed E-state index contributed by atoms with van der Waals surface area (Å²) >= 11 is 0. The van der Waals surface area contributed by atoms with Crippen LogP contribution in [0, 0.1) is 5.92 Å². The number of aromatic hydroxyl groups is 1. The molecule has 0 aliphatic rings. The third kappa shape index (κ3) is 12.0. The molecular weight excluding hydrogens is 502 g/mol. The van der Waals surface area contributed by atoms with E-state index < -0.39 is 48.1 Å². The van der Waals surface area contributed by atoms with Gasteiger partial charge in [-0.25, -0.2) is 4.79 Å². The maximum Gasteiger partial charge on any atom is 0.408 e. The Morgan fingerprint density at radius 1 is 1.00 bits per heavy atom. The first-order valence-corrected chi connectivity index (χ1v) is 13.7. The van der Waals surface area contributed by atoms with Crippen molar-refractivity contribution in [3.05, 3.63) is 29.8 Å². The SMILES string of the molecule is CCCCCCCCN(C(=O)C(NC(=O)OC(C)(C)C)C(C)C)C(C(=O)NCC(=O)OC)c1ccccc1O. The van der Waals surface area contributed by atoms with Gasteiger partial charge in [0.15, 0.2) is 0 Å². The minimum atomic E-state index is -1.25. The Hall–Kier alpha value is -3.30. The Morgan fingerprint density at radius 2 is 1.62 bits per heavy atom. The van der Waals surface area contributed by atoms with E-state index in [4.69, 9.17) is 4.74 Å². The Morgan fingerprint density at radius 3 is 2.18 bits per heavy atom. The number of carbonyl (C=O) groups is 4. The fraction of sp³-hybridized carbons (Fsp3) is 0.655. The van der Waals surface area contributed by atoms with Gasteiger partial charge < -0.3 is 30.1 Å². The van der Waals surface area contributed by atoms with Crippen molar-refractivity contribution in [1.82, 2.24) is 15.5 Å². The van der Waals surface area contributed by atoms with Gasteiger partial charge in [0, 0.05) is 12.1 Å². The fourth-order valence-electron chi connectivity index (χ4n) is 4.05. The number of para-hydroxylation sites is 1. The van der Waals surface area contributed by atoms with Crippen molar-refractivity contribution >= 4 is 23.9 Å². The number of esters is 1. The molecule has 10 heteroatoms. The van der Waals surface area contributed by atoms with Crippen LogP contribution in [0.2, 0.25) is 0 Å². The Kier molecular flexibility index (Phi) is 14.4. The molecule has 0 bridgehead atoms. The zero-order chi connectivity index (χ0) is 29.6. The highest BCUT2D eigenvalue weighted by atomic mass is 16.6. The molecule has 0 heterocycles. The second kappa shape index (κ2) is 16.6. The highest BCUT2D eigenvalue weighted by Crippen LogP contribution is 2.30. The lowest BCUT2D eigenvalue weighted by atomic mass is 9.97. The molecule has 0 saturated carbocycles. The van der Waals surface area contributed by atoms with E-state index in [0.29, 0.717) is 6.42 Å². The fourth-order valence-corrected chi connectivity index (χ4v) is 4.05. The Balaban J connectivity index is 3.43. The van der Waals surface area contributed by atoms with E-state index in [1.165, 1.54) is 18.1 Å². The van der Waals surface area contributed by atoms with Crippen LogP contribution in [0.4, 0.5) is 4.79 Å². The number of rotatable bonds is 15. The van der Waals surface area contributed by atoms with Gasteiger partial charge in [0.05, 0.1) is 7.11 Å². The zero-order valence-electron chi connectivity index (χ0n) is 24.5. The molecule has 1 aromatic carbocycles. The smallest absolute Gasteiger partial charge is 0.408 e. The van der Waals surface area contributed by atoms with Crippen molar-refractivity contribution in [2.45, 2.75) is 97.8 Å². The second-order valence-electron chi connectivity index (χ2n) is 10.9. The molecule has 2 atom stereocenters. The third-order valence-electron chi connectivity index (χ3n) is 6.07. The molecule has 2 unspecified atom stereocenters. The predicted molar refractivity (Wildman–Crippen MR) is 149 cm³/mol. The van der Waals surface area contributed by atoms with E-state index in [0.717, 1.165) is 32.1 Å². The van der Waals surface area contributed by atoms with E-state index >= 15 is 0 Å². The van der Waals surface area contributed by atoms with Gasteiger partial charge in [-0.2, -0.15) is 0 Å². The van der Waals surface area contributed by atoms with Crippen molar-refractivity contribution in [3.8, 4) is 5.75 Å². The van der Waals surface area contributed by atoms with Crippen LogP contribution in [-0.4, -0.2) is 65.7 Å². The molecule has 10 nitrogen and oxygen atoms in total. The standard InChI is InChI=1S/C29H47N3O7/c1-8-9-10-11-12-15-18-32(27(36)24(20(2)3)31-28(37)39-29(4,5)6)25(21-16-13-14-17-22(21)33)26(35)30-19-23(34)38-7/h13-14,16-17,20,24-25,33H,8-12,15,18-19H2,1-7H3,(H,30,35)(H,31,37). The molecule has 0 saturated heterocycles. The number of ether oxygens (including phenoxy) is 2. The van der Waals surface area contributed by atoms with Crippen LogP contribution >= 0.6 is 0 Å². The van der Waals surface area contributed by atoms with Crippen LogP contribution in [0.25, 0.3) is 0 Å². The Labute approximate surface area is 232 Å². The normalized spacial score (nSPS) is 12.8. The lowest BCUT2D eigenvalue weighted by Gasteiger charge is -2.35. The molecule has 0 radical (unpaired) electrons. The third-order valence-corrected chi connectivity index (χ3v) is 6.07. The summed E-state index contributed by atoms with van der Waals surface area (Å²) < 4.78 is 10.0. The highest BCUT2D eigenvalue weighted by Gasteiger charge is 2.38. The molecule has 3 amide bonds. The maximum atomic E-state index is 14.1. The van der Waals surface area contributed by atoms with Crippen LogP contribution in [-0.2, 0) is 23.9 Å². The van der Waals surface area contributed by atoms with Gasteiger partial charge in [-0.3, -0.25) is 14.4 Å². The van der Waals surface area contributed by atoms with Crippen molar-refractivity contribution < 1.29 is 33.8 Å². The van der Waals surface area contributed by atoms with Crippen molar-refractivity contribution in [2.75, 3.05) is 20.2 Å². The number of nitrogens with zero attached hydrogens (tertiary/aromatic N) is 1. The van der Waals surface area contributed by atoms with Crippen molar-refractivity contribution in [2.24, 2.45) is 5.92 Å². The molecule has 0 aliphatic heterocycles. The van der Waals surface area contributed by atoms with Crippen molar-refractivity contribution in [3.63, 3.8) is 0 Å². The van der Waals surface area contributed by atoms with Gasteiger partial charge in [-0.1, -0.05) is 71.1 Å². The van der Waals surface area contributed by atoms with Gasteiger partial charge in [-0.05, 0) is 39.2 Å². The van der Waals surface area contributed by atoms with E-state index in [1.54, 1.807) is 52.8 Å². The number of hydrogen-bond acceptors (Lipinski definition) is 7. The molecule has 220 valence electrons. The zero-order valence-corrected chi connectivity index (χ0v) is 24.5. The number of unbranched alkanes of at least 4 members (excludes halogenated alkanes) is 5. The maximum absolute atomic E-state index is 14.1. The topological polar surface area (TPSA) is 134 Å². The van der Waals surface area contributed by atoms with E-state index in [-0.39, 0.29) is 23.8 Å². The number of benzene rings is 1. The number of phenols is 1. The summed E-state index contributed by atoms with van der Waals surface area (Å²) in [6.45, 7) is 10.7. The van der Waals surface area contributed by atoms with Crippen LogP contribution in [0.15, 0.2) is 24.3 Å².